The summed E-state index contributed by atoms with van der Waals surface area (Å²) in [7, 11) is 1.48. The fraction of sp³-hybridized carbons (Fsp3) is 0.133. The molecule has 3 rings (SSSR count). The van der Waals surface area contributed by atoms with Gasteiger partial charge in [-0.25, -0.2) is 14.3 Å². The van der Waals surface area contributed by atoms with Crippen molar-refractivity contribution in [1.82, 2.24) is 24.5 Å². The van der Waals surface area contributed by atoms with Gasteiger partial charge < -0.3 is 0 Å². The molecular formula is C15H14N6O2. The highest BCUT2D eigenvalue weighted by Gasteiger charge is 2.11. The second-order valence-electron chi connectivity index (χ2n) is 4.89. The molecule has 0 aliphatic heterocycles. The van der Waals surface area contributed by atoms with Gasteiger partial charge in [0.05, 0.1) is 6.54 Å². The lowest BCUT2D eigenvalue weighted by Gasteiger charge is -2.02. The SMILES string of the molecule is Cn1nc(C(=O)Nc2ncn(Cc3ccccc3)n2)ccc1=O. The number of nitrogens with one attached hydrogen (secondary N) is 1. The number of benzene rings is 1. The number of nitrogens with zero attached hydrogens (tertiary/aromatic N) is 5. The van der Waals surface area contributed by atoms with Crippen molar-refractivity contribution in [3.8, 4) is 0 Å². The summed E-state index contributed by atoms with van der Waals surface area (Å²) in [5.41, 5.74) is 0.910. The Morgan fingerprint density at radius 2 is 1.91 bits per heavy atom. The molecule has 1 aromatic carbocycles. The van der Waals surface area contributed by atoms with Gasteiger partial charge in [-0.1, -0.05) is 30.3 Å². The molecule has 1 amide bonds. The molecule has 3 aromatic rings. The Morgan fingerprint density at radius 3 is 2.65 bits per heavy atom. The van der Waals surface area contributed by atoms with E-state index in [0.29, 0.717) is 6.54 Å². The third-order valence-electron chi connectivity index (χ3n) is 3.14. The van der Waals surface area contributed by atoms with Gasteiger partial charge in [0, 0.05) is 13.1 Å². The molecule has 1 N–H and O–H groups in total. The van der Waals surface area contributed by atoms with Crippen LogP contribution in [0.1, 0.15) is 16.1 Å². The van der Waals surface area contributed by atoms with Crippen molar-refractivity contribution < 1.29 is 4.79 Å². The number of aryl methyl sites for hydroxylation is 1. The molecule has 0 unspecified atom stereocenters. The molecule has 2 aromatic heterocycles. The molecule has 0 aliphatic carbocycles. The Bertz CT molecular complexity index is 884. The van der Waals surface area contributed by atoms with E-state index in [-0.39, 0.29) is 17.2 Å². The van der Waals surface area contributed by atoms with Crippen molar-refractivity contribution in [2.24, 2.45) is 7.05 Å². The van der Waals surface area contributed by atoms with E-state index in [2.05, 4.69) is 20.5 Å². The van der Waals surface area contributed by atoms with Crippen molar-refractivity contribution in [3.63, 3.8) is 0 Å². The van der Waals surface area contributed by atoms with Crippen LogP contribution in [0.4, 0.5) is 5.95 Å². The van der Waals surface area contributed by atoms with Crippen LogP contribution in [0.5, 0.6) is 0 Å². The highest BCUT2D eigenvalue weighted by molar-refractivity contribution is 6.01. The Kier molecular flexibility index (Phi) is 3.96. The third-order valence-corrected chi connectivity index (χ3v) is 3.14. The summed E-state index contributed by atoms with van der Waals surface area (Å²) in [5.74, 6) is -0.292. The molecule has 0 spiro atoms. The molecule has 0 bridgehead atoms. The monoisotopic (exact) mass is 310 g/mol. The Morgan fingerprint density at radius 1 is 1.13 bits per heavy atom. The topological polar surface area (TPSA) is 94.7 Å². The van der Waals surface area contributed by atoms with Crippen molar-refractivity contribution >= 4 is 11.9 Å². The van der Waals surface area contributed by atoms with Crippen LogP contribution in [0.3, 0.4) is 0 Å². The predicted octanol–water partition coefficient (Wildman–Crippen LogP) is 0.672. The lowest BCUT2D eigenvalue weighted by Crippen LogP contribution is -2.24. The highest BCUT2D eigenvalue weighted by atomic mass is 16.2. The fourth-order valence-electron chi connectivity index (χ4n) is 1.99. The number of anilines is 1. The molecule has 0 atom stereocenters. The second-order valence-corrected chi connectivity index (χ2v) is 4.89. The molecule has 8 nitrogen and oxygen atoms in total. The van der Waals surface area contributed by atoms with Crippen molar-refractivity contribution in [1.29, 1.82) is 0 Å². The van der Waals surface area contributed by atoms with Gasteiger partial charge in [0.1, 0.15) is 12.0 Å². The van der Waals surface area contributed by atoms with Crippen molar-refractivity contribution in [2.75, 3.05) is 5.32 Å². The number of carbonyl (C=O) groups is 1. The van der Waals surface area contributed by atoms with Crippen LogP contribution in [0.15, 0.2) is 53.6 Å². The number of hydrogen-bond acceptors (Lipinski definition) is 5. The zero-order valence-electron chi connectivity index (χ0n) is 12.4. The number of rotatable bonds is 4. The molecule has 116 valence electrons. The number of carbonyl (C=O) groups excluding carboxylic acids is 1. The van der Waals surface area contributed by atoms with Crippen LogP contribution in [0.2, 0.25) is 0 Å². The van der Waals surface area contributed by atoms with Gasteiger partial charge >= 0.3 is 0 Å². The largest absolute Gasteiger partial charge is 0.288 e. The van der Waals surface area contributed by atoms with Gasteiger partial charge in [-0.15, -0.1) is 5.10 Å². The van der Waals surface area contributed by atoms with Gasteiger partial charge in [0.2, 0.25) is 5.95 Å². The standard InChI is InChI=1S/C15H14N6O2/c1-20-13(22)8-7-12(18-20)14(23)17-15-16-10-21(19-15)9-11-5-3-2-4-6-11/h2-8,10H,9H2,1H3,(H,17,19,23). The molecular weight excluding hydrogens is 296 g/mol. The summed E-state index contributed by atoms with van der Waals surface area (Å²) < 4.78 is 2.72. The van der Waals surface area contributed by atoms with Crippen LogP contribution >= 0.6 is 0 Å². The zero-order chi connectivity index (χ0) is 16.2. The molecule has 0 radical (unpaired) electrons. The molecule has 0 saturated carbocycles. The quantitative estimate of drug-likeness (QED) is 0.764. The van der Waals surface area contributed by atoms with Crippen LogP contribution < -0.4 is 10.9 Å². The predicted molar refractivity (Wildman–Crippen MR) is 83.0 cm³/mol. The number of hydrogen-bond donors (Lipinski definition) is 1. The Labute approximate surface area is 131 Å². The smallest absolute Gasteiger partial charge is 0.278 e. The molecule has 8 heteroatoms. The Hall–Kier alpha value is -3.29. The lowest BCUT2D eigenvalue weighted by atomic mass is 10.2. The van der Waals surface area contributed by atoms with Crippen LogP contribution in [-0.2, 0) is 13.6 Å². The van der Waals surface area contributed by atoms with Gasteiger partial charge in [-0.05, 0) is 11.6 Å². The van der Waals surface area contributed by atoms with E-state index < -0.39 is 5.91 Å². The summed E-state index contributed by atoms with van der Waals surface area (Å²) in [5, 5.41) is 10.6. The molecule has 23 heavy (non-hydrogen) atoms. The average Bonchev–Trinajstić information content (AvgIpc) is 2.98. The summed E-state index contributed by atoms with van der Waals surface area (Å²) in [6.45, 7) is 0.557. The minimum absolute atomic E-state index is 0.117. The molecule has 0 fully saturated rings. The normalized spacial score (nSPS) is 10.5. The maximum atomic E-state index is 12.1. The maximum absolute atomic E-state index is 12.1. The maximum Gasteiger partial charge on any atom is 0.278 e. The Balaban J connectivity index is 1.70. The summed E-state index contributed by atoms with van der Waals surface area (Å²) >= 11 is 0. The second kappa shape index (κ2) is 6.22. The lowest BCUT2D eigenvalue weighted by molar-refractivity contribution is 0.101. The summed E-state index contributed by atoms with van der Waals surface area (Å²) in [4.78, 5) is 27.4. The van der Waals surface area contributed by atoms with E-state index in [4.69, 9.17) is 0 Å². The van der Waals surface area contributed by atoms with E-state index in [9.17, 15) is 9.59 Å². The van der Waals surface area contributed by atoms with Crippen molar-refractivity contribution in [2.45, 2.75) is 6.54 Å². The van der Waals surface area contributed by atoms with E-state index >= 15 is 0 Å². The van der Waals surface area contributed by atoms with Crippen LogP contribution in [0, 0.1) is 0 Å². The van der Waals surface area contributed by atoms with Gasteiger partial charge in [0.25, 0.3) is 11.5 Å². The molecule has 2 heterocycles. The first-order chi connectivity index (χ1) is 11.1. The van der Waals surface area contributed by atoms with Gasteiger partial charge in [-0.2, -0.15) is 5.10 Å². The number of amides is 1. The molecule has 0 aliphatic rings. The van der Waals surface area contributed by atoms with Gasteiger partial charge in [-0.3, -0.25) is 14.9 Å². The van der Waals surface area contributed by atoms with E-state index in [0.717, 1.165) is 10.2 Å². The zero-order valence-corrected chi connectivity index (χ0v) is 12.4. The van der Waals surface area contributed by atoms with Crippen LogP contribution in [0.25, 0.3) is 0 Å². The summed E-state index contributed by atoms with van der Waals surface area (Å²) in [6.07, 6.45) is 1.54. The van der Waals surface area contributed by atoms with E-state index in [1.54, 1.807) is 4.68 Å². The van der Waals surface area contributed by atoms with Gasteiger partial charge in [0.15, 0.2) is 0 Å². The fourth-order valence-corrected chi connectivity index (χ4v) is 1.99. The molecule has 0 saturated heterocycles. The summed E-state index contributed by atoms with van der Waals surface area (Å²) in [6, 6.07) is 12.4. The van der Waals surface area contributed by atoms with Crippen molar-refractivity contribution in [3.05, 3.63) is 70.4 Å². The third kappa shape index (κ3) is 3.49. The number of aromatic nitrogens is 5. The first kappa shape index (κ1) is 14.6. The first-order valence-electron chi connectivity index (χ1n) is 6.91. The minimum atomic E-state index is -0.474. The first-order valence-corrected chi connectivity index (χ1v) is 6.91. The van der Waals surface area contributed by atoms with E-state index in [1.807, 2.05) is 30.3 Å². The van der Waals surface area contributed by atoms with E-state index in [1.165, 1.54) is 25.5 Å². The average molecular weight is 310 g/mol. The van der Waals surface area contributed by atoms with Crippen LogP contribution in [-0.4, -0.2) is 30.5 Å². The highest BCUT2D eigenvalue weighted by Crippen LogP contribution is 2.04. The minimum Gasteiger partial charge on any atom is -0.288 e.